The molecule has 0 saturated carbocycles. The number of carbonyl (C=O) groups is 1. The van der Waals surface area contributed by atoms with Crippen LogP contribution in [0, 0.1) is 6.92 Å². The van der Waals surface area contributed by atoms with Crippen LogP contribution in [0.4, 0.5) is 5.69 Å². The predicted molar refractivity (Wildman–Crippen MR) is 99.2 cm³/mol. The molecule has 8 heteroatoms. The summed E-state index contributed by atoms with van der Waals surface area (Å²) in [6.07, 6.45) is 0. The molecule has 2 aromatic rings. The van der Waals surface area contributed by atoms with Crippen LogP contribution in [0.15, 0.2) is 41.3 Å². The lowest BCUT2D eigenvalue weighted by Gasteiger charge is -2.25. The maximum Gasteiger partial charge on any atom is 0.337 e. The van der Waals surface area contributed by atoms with Crippen LogP contribution in [-0.4, -0.2) is 28.0 Å². The van der Waals surface area contributed by atoms with E-state index in [-0.39, 0.29) is 27.0 Å². The van der Waals surface area contributed by atoms with Crippen LogP contribution >= 0.6 is 23.2 Å². The molecular formula is C17H17Cl2NO4S. The molecular weight excluding hydrogens is 385 g/mol. The first-order valence-electron chi connectivity index (χ1n) is 7.39. The number of esters is 1. The topological polar surface area (TPSA) is 63.7 Å². The molecule has 0 bridgehead atoms. The fourth-order valence-corrected chi connectivity index (χ4v) is 4.66. The average molecular weight is 402 g/mol. The molecule has 0 unspecified atom stereocenters. The minimum atomic E-state index is -3.96. The van der Waals surface area contributed by atoms with Gasteiger partial charge in [0.15, 0.2) is 0 Å². The first kappa shape index (κ1) is 19.6. The van der Waals surface area contributed by atoms with Crippen LogP contribution in [-0.2, 0) is 14.8 Å². The summed E-state index contributed by atoms with van der Waals surface area (Å²) in [7, 11) is -2.70. The molecule has 2 aromatic carbocycles. The molecule has 25 heavy (non-hydrogen) atoms. The first-order valence-corrected chi connectivity index (χ1v) is 9.58. The van der Waals surface area contributed by atoms with Gasteiger partial charge in [-0.3, -0.25) is 4.31 Å². The zero-order chi connectivity index (χ0) is 18.8. The maximum atomic E-state index is 13.1. The third-order valence-corrected chi connectivity index (χ3v) is 6.25. The number of benzene rings is 2. The van der Waals surface area contributed by atoms with Crippen molar-refractivity contribution in [2.24, 2.45) is 0 Å². The van der Waals surface area contributed by atoms with Gasteiger partial charge in [0, 0.05) is 11.6 Å². The van der Waals surface area contributed by atoms with Gasteiger partial charge in [0.05, 0.1) is 23.4 Å². The van der Waals surface area contributed by atoms with Crippen molar-refractivity contribution >= 4 is 44.9 Å². The minimum absolute atomic E-state index is 0.0737. The zero-order valence-corrected chi connectivity index (χ0v) is 16.2. The third kappa shape index (κ3) is 3.92. The van der Waals surface area contributed by atoms with Crippen molar-refractivity contribution in [3.8, 4) is 0 Å². The maximum absolute atomic E-state index is 13.1. The van der Waals surface area contributed by atoms with Crippen molar-refractivity contribution in [2.75, 3.05) is 18.0 Å². The second kappa shape index (κ2) is 7.64. The Morgan fingerprint density at radius 1 is 1.16 bits per heavy atom. The second-order valence-corrected chi connectivity index (χ2v) is 7.91. The largest absolute Gasteiger partial charge is 0.465 e. The van der Waals surface area contributed by atoms with E-state index in [1.807, 2.05) is 0 Å². The van der Waals surface area contributed by atoms with Gasteiger partial charge in [0.1, 0.15) is 4.90 Å². The van der Waals surface area contributed by atoms with E-state index in [4.69, 9.17) is 27.9 Å². The second-order valence-electron chi connectivity index (χ2n) is 5.24. The highest BCUT2D eigenvalue weighted by molar-refractivity contribution is 7.93. The molecule has 0 N–H and O–H groups in total. The summed E-state index contributed by atoms with van der Waals surface area (Å²) in [4.78, 5) is 11.7. The highest BCUT2D eigenvalue weighted by Gasteiger charge is 2.28. The van der Waals surface area contributed by atoms with E-state index in [1.54, 1.807) is 26.0 Å². The van der Waals surface area contributed by atoms with Crippen molar-refractivity contribution in [1.29, 1.82) is 0 Å². The third-order valence-electron chi connectivity index (χ3n) is 3.65. The van der Waals surface area contributed by atoms with Gasteiger partial charge >= 0.3 is 5.97 Å². The molecule has 0 atom stereocenters. The van der Waals surface area contributed by atoms with Crippen molar-refractivity contribution < 1.29 is 17.9 Å². The quantitative estimate of drug-likeness (QED) is 0.700. The van der Waals surface area contributed by atoms with Gasteiger partial charge in [-0.2, -0.15) is 0 Å². The van der Waals surface area contributed by atoms with Crippen molar-refractivity contribution in [3.05, 3.63) is 57.6 Å². The van der Waals surface area contributed by atoms with Gasteiger partial charge in [0.2, 0.25) is 0 Å². The Morgan fingerprint density at radius 3 is 2.44 bits per heavy atom. The normalized spacial score (nSPS) is 11.2. The van der Waals surface area contributed by atoms with E-state index in [1.165, 1.54) is 35.7 Å². The lowest BCUT2D eigenvalue weighted by Crippen LogP contribution is -2.31. The number of hydrogen-bond acceptors (Lipinski definition) is 4. The number of anilines is 1. The Hall–Kier alpha value is -1.76. The molecule has 0 amide bonds. The molecule has 0 radical (unpaired) electrons. The molecule has 0 spiro atoms. The minimum Gasteiger partial charge on any atom is -0.465 e. The van der Waals surface area contributed by atoms with E-state index in [9.17, 15) is 13.2 Å². The fourth-order valence-electron chi connectivity index (χ4n) is 2.39. The lowest BCUT2D eigenvalue weighted by atomic mass is 10.1. The van der Waals surface area contributed by atoms with Crippen LogP contribution in [0.2, 0.25) is 10.0 Å². The van der Waals surface area contributed by atoms with Crippen molar-refractivity contribution in [3.63, 3.8) is 0 Å². The SMILES string of the molecule is CCN(c1cc(C(=O)OC)ccc1C)S(=O)(=O)c1cc(Cl)ccc1Cl. The van der Waals surface area contributed by atoms with Crippen LogP contribution in [0.1, 0.15) is 22.8 Å². The highest BCUT2D eigenvalue weighted by atomic mass is 35.5. The number of sulfonamides is 1. The number of aryl methyl sites for hydroxylation is 1. The Bertz CT molecular complexity index is 913. The van der Waals surface area contributed by atoms with Crippen LogP contribution in [0.5, 0.6) is 0 Å². The molecule has 0 aliphatic rings. The number of halogens is 2. The molecule has 0 aliphatic carbocycles. The van der Waals surface area contributed by atoms with Gasteiger partial charge in [-0.05, 0) is 49.7 Å². The number of ether oxygens (including phenoxy) is 1. The number of carbonyl (C=O) groups excluding carboxylic acids is 1. The van der Waals surface area contributed by atoms with Crippen LogP contribution < -0.4 is 4.31 Å². The molecule has 5 nitrogen and oxygen atoms in total. The van der Waals surface area contributed by atoms with E-state index in [2.05, 4.69) is 0 Å². The Kier molecular flexibility index (Phi) is 5.98. The van der Waals surface area contributed by atoms with Gasteiger partial charge in [-0.1, -0.05) is 29.3 Å². The smallest absolute Gasteiger partial charge is 0.337 e. The van der Waals surface area contributed by atoms with Crippen molar-refractivity contribution in [1.82, 2.24) is 0 Å². The molecule has 2 rings (SSSR count). The molecule has 0 heterocycles. The molecule has 0 fully saturated rings. The van der Waals surface area contributed by atoms with E-state index < -0.39 is 16.0 Å². The number of nitrogens with zero attached hydrogens (tertiary/aromatic N) is 1. The highest BCUT2D eigenvalue weighted by Crippen LogP contribution is 2.32. The van der Waals surface area contributed by atoms with Crippen molar-refractivity contribution in [2.45, 2.75) is 18.7 Å². The zero-order valence-electron chi connectivity index (χ0n) is 13.9. The molecule has 0 aromatic heterocycles. The van der Waals surface area contributed by atoms with Gasteiger partial charge in [0.25, 0.3) is 10.0 Å². The summed E-state index contributed by atoms with van der Waals surface area (Å²) < 4.78 is 32.1. The van der Waals surface area contributed by atoms with Gasteiger partial charge in [-0.25, -0.2) is 13.2 Å². The van der Waals surface area contributed by atoms with E-state index >= 15 is 0 Å². The average Bonchev–Trinajstić information content (AvgIpc) is 2.58. The monoisotopic (exact) mass is 401 g/mol. The Labute approximate surface area is 157 Å². The fraction of sp³-hybridized carbons (Fsp3) is 0.235. The summed E-state index contributed by atoms with van der Waals surface area (Å²) in [6, 6.07) is 8.99. The summed E-state index contributed by atoms with van der Waals surface area (Å²) in [5.74, 6) is -0.546. The first-order chi connectivity index (χ1) is 11.7. The summed E-state index contributed by atoms with van der Waals surface area (Å²) in [6.45, 7) is 3.60. The Balaban J connectivity index is 2.63. The van der Waals surface area contributed by atoms with E-state index in [0.29, 0.717) is 11.3 Å². The number of rotatable bonds is 5. The van der Waals surface area contributed by atoms with Gasteiger partial charge in [-0.15, -0.1) is 0 Å². The molecule has 0 aliphatic heterocycles. The molecule has 0 saturated heterocycles. The summed E-state index contributed by atoms with van der Waals surface area (Å²) in [5, 5.41) is 0.337. The van der Waals surface area contributed by atoms with Crippen LogP contribution in [0.25, 0.3) is 0 Å². The van der Waals surface area contributed by atoms with Gasteiger partial charge < -0.3 is 4.74 Å². The predicted octanol–water partition coefficient (Wildman–Crippen LogP) is 4.30. The van der Waals surface area contributed by atoms with E-state index in [0.717, 1.165) is 0 Å². The molecule has 134 valence electrons. The number of methoxy groups -OCH3 is 1. The standard InChI is InChI=1S/C17H17Cl2NO4S/c1-4-20(15-9-12(17(21)24-3)6-5-11(15)2)25(22,23)16-10-13(18)7-8-14(16)19/h5-10H,4H2,1-3H3. The lowest BCUT2D eigenvalue weighted by molar-refractivity contribution is 0.0600. The summed E-state index contributed by atoms with van der Waals surface area (Å²) >= 11 is 12.0. The number of hydrogen-bond donors (Lipinski definition) is 0. The summed E-state index contributed by atoms with van der Waals surface area (Å²) in [5.41, 5.74) is 1.33. The van der Waals surface area contributed by atoms with Crippen LogP contribution in [0.3, 0.4) is 0 Å². The Morgan fingerprint density at radius 2 is 1.84 bits per heavy atom.